The fourth-order valence-electron chi connectivity index (χ4n) is 3.88. The largest absolute Gasteiger partial charge is 0.392 e. The number of morpholine rings is 1. The van der Waals surface area contributed by atoms with Gasteiger partial charge in [0.1, 0.15) is 0 Å². The molecular formula is C26H35N5O2. The summed E-state index contributed by atoms with van der Waals surface area (Å²) in [5.41, 5.74) is 6.02. The number of aliphatic imine (C=N–C) groups is 1. The topological polar surface area (TPSA) is 74.9 Å². The van der Waals surface area contributed by atoms with Gasteiger partial charge in [0, 0.05) is 26.7 Å². The van der Waals surface area contributed by atoms with Gasteiger partial charge in [0.05, 0.1) is 36.5 Å². The summed E-state index contributed by atoms with van der Waals surface area (Å²) in [5.74, 6) is 0.882. The minimum absolute atomic E-state index is 0.0590. The normalized spacial score (nSPS) is 13.9. The van der Waals surface area contributed by atoms with Gasteiger partial charge in [-0.05, 0) is 55.4 Å². The summed E-state index contributed by atoms with van der Waals surface area (Å²) in [6.07, 6.45) is 2.88. The molecule has 0 amide bonds. The molecule has 2 aromatic carbocycles. The molecule has 0 unspecified atom stereocenters. The summed E-state index contributed by atoms with van der Waals surface area (Å²) < 4.78 is 7.40. The lowest BCUT2D eigenvalue weighted by Crippen LogP contribution is -2.37. The Morgan fingerprint density at radius 2 is 2.03 bits per heavy atom. The number of hydrogen-bond acceptors (Lipinski definition) is 6. The van der Waals surface area contributed by atoms with Crippen molar-refractivity contribution in [2.45, 2.75) is 20.0 Å². The summed E-state index contributed by atoms with van der Waals surface area (Å²) >= 11 is 0. The third kappa shape index (κ3) is 6.51. The van der Waals surface area contributed by atoms with E-state index in [1.54, 1.807) is 6.08 Å². The molecule has 0 saturated carbocycles. The monoisotopic (exact) mass is 449 g/mol. The van der Waals surface area contributed by atoms with Crippen molar-refractivity contribution in [2.24, 2.45) is 12.0 Å². The van der Waals surface area contributed by atoms with E-state index in [1.165, 1.54) is 0 Å². The van der Waals surface area contributed by atoms with E-state index in [0.29, 0.717) is 0 Å². The van der Waals surface area contributed by atoms with E-state index in [1.807, 2.05) is 54.9 Å². The maximum atomic E-state index is 9.23. The van der Waals surface area contributed by atoms with E-state index >= 15 is 0 Å². The highest BCUT2D eigenvalue weighted by atomic mass is 16.5. The number of ether oxygens (including phenoxy) is 1. The van der Waals surface area contributed by atoms with Crippen LogP contribution in [0, 0.1) is 6.92 Å². The summed E-state index contributed by atoms with van der Waals surface area (Å²) in [6, 6.07) is 11.8. The lowest BCUT2D eigenvalue weighted by atomic mass is 10.1. The van der Waals surface area contributed by atoms with Crippen LogP contribution in [0.4, 0.5) is 11.6 Å². The van der Waals surface area contributed by atoms with Crippen LogP contribution in [0.3, 0.4) is 0 Å². The molecule has 1 aliphatic heterocycles. The number of aryl methyl sites for hydroxylation is 2. The second-order valence-corrected chi connectivity index (χ2v) is 8.08. The number of benzene rings is 2. The second kappa shape index (κ2) is 12.3. The third-order valence-corrected chi connectivity index (χ3v) is 5.81. The Labute approximate surface area is 196 Å². The lowest BCUT2D eigenvalue weighted by molar-refractivity contribution is 0.0378. The average Bonchev–Trinajstić information content (AvgIpc) is 3.17. The lowest BCUT2D eigenvalue weighted by Gasteiger charge is -2.26. The van der Waals surface area contributed by atoms with Gasteiger partial charge >= 0.3 is 0 Å². The van der Waals surface area contributed by atoms with Crippen molar-refractivity contribution in [1.29, 1.82) is 0 Å². The zero-order chi connectivity index (χ0) is 23.6. The molecule has 176 valence electrons. The fraction of sp³-hybridized carbons (Fsp3) is 0.385. The van der Waals surface area contributed by atoms with Crippen molar-refractivity contribution in [3.8, 4) is 0 Å². The van der Waals surface area contributed by atoms with Crippen LogP contribution < -0.4 is 5.32 Å². The van der Waals surface area contributed by atoms with Crippen LogP contribution in [-0.4, -0.2) is 65.7 Å². The van der Waals surface area contributed by atoms with Crippen molar-refractivity contribution in [3.63, 3.8) is 0 Å². The van der Waals surface area contributed by atoms with Gasteiger partial charge in [-0.25, -0.2) is 4.98 Å². The number of aliphatic hydroxyl groups is 1. The number of para-hydroxylation sites is 1. The maximum absolute atomic E-state index is 9.23. The Balaban J connectivity index is 0.000000235. The number of rotatable bonds is 8. The van der Waals surface area contributed by atoms with Gasteiger partial charge in [-0.15, -0.1) is 0 Å². The Bertz CT molecular complexity index is 1070. The number of hydrogen-bond donors (Lipinski definition) is 2. The van der Waals surface area contributed by atoms with E-state index in [4.69, 9.17) is 4.74 Å². The molecule has 0 spiro atoms. The van der Waals surface area contributed by atoms with Gasteiger partial charge < -0.3 is 19.7 Å². The molecule has 7 nitrogen and oxygen atoms in total. The van der Waals surface area contributed by atoms with Crippen LogP contribution in [0.1, 0.15) is 23.1 Å². The molecule has 2 heterocycles. The highest BCUT2D eigenvalue weighted by Gasteiger charge is 2.10. The van der Waals surface area contributed by atoms with Crippen molar-refractivity contribution in [1.82, 2.24) is 14.5 Å². The quantitative estimate of drug-likeness (QED) is 0.399. The third-order valence-electron chi connectivity index (χ3n) is 5.81. The van der Waals surface area contributed by atoms with Crippen molar-refractivity contribution in [3.05, 3.63) is 59.7 Å². The van der Waals surface area contributed by atoms with E-state index in [0.717, 1.165) is 85.2 Å². The van der Waals surface area contributed by atoms with Crippen LogP contribution in [0.25, 0.3) is 17.1 Å². The van der Waals surface area contributed by atoms with E-state index in [9.17, 15) is 5.11 Å². The summed E-state index contributed by atoms with van der Waals surface area (Å²) in [6.45, 7) is 15.0. The fourth-order valence-corrected chi connectivity index (χ4v) is 3.88. The van der Waals surface area contributed by atoms with Gasteiger partial charge in [0.2, 0.25) is 5.95 Å². The van der Waals surface area contributed by atoms with Crippen molar-refractivity contribution < 1.29 is 9.84 Å². The Kier molecular flexibility index (Phi) is 9.18. The van der Waals surface area contributed by atoms with Gasteiger partial charge in [-0.1, -0.05) is 36.9 Å². The molecule has 0 radical (unpaired) electrons. The van der Waals surface area contributed by atoms with Crippen LogP contribution in [0.5, 0.6) is 0 Å². The number of fused-ring (bicyclic) bond motifs is 1. The van der Waals surface area contributed by atoms with Crippen molar-refractivity contribution >= 4 is 35.5 Å². The smallest absolute Gasteiger partial charge is 0.203 e. The molecule has 0 aliphatic carbocycles. The van der Waals surface area contributed by atoms with Crippen LogP contribution in [0.15, 0.2) is 48.0 Å². The summed E-state index contributed by atoms with van der Waals surface area (Å²) in [5, 5.41) is 12.6. The first-order valence-corrected chi connectivity index (χ1v) is 11.4. The van der Waals surface area contributed by atoms with Crippen LogP contribution in [-0.2, 0) is 18.4 Å². The van der Waals surface area contributed by atoms with Crippen molar-refractivity contribution in [2.75, 3.05) is 44.7 Å². The predicted molar refractivity (Wildman–Crippen MR) is 137 cm³/mol. The molecule has 1 aromatic heterocycles. The zero-order valence-electron chi connectivity index (χ0n) is 19.8. The number of aromatic nitrogens is 2. The molecular weight excluding hydrogens is 414 g/mol. The van der Waals surface area contributed by atoms with Crippen LogP contribution >= 0.6 is 0 Å². The van der Waals surface area contributed by atoms with Gasteiger partial charge in [-0.3, -0.25) is 9.89 Å². The molecule has 3 aromatic rings. The number of imidazole rings is 1. The zero-order valence-corrected chi connectivity index (χ0v) is 19.8. The van der Waals surface area contributed by atoms with Gasteiger partial charge in [0.25, 0.3) is 0 Å². The molecule has 33 heavy (non-hydrogen) atoms. The summed E-state index contributed by atoms with van der Waals surface area (Å²) in [4.78, 5) is 11.0. The molecule has 1 saturated heterocycles. The minimum atomic E-state index is 0.0590. The number of nitrogens with one attached hydrogen (secondary N) is 1. The van der Waals surface area contributed by atoms with Gasteiger partial charge in [0.15, 0.2) is 0 Å². The molecule has 4 rings (SSSR count). The molecule has 1 aliphatic rings. The Morgan fingerprint density at radius 1 is 1.24 bits per heavy atom. The number of anilines is 1. The molecule has 0 bridgehead atoms. The van der Waals surface area contributed by atoms with Crippen LogP contribution in [0.2, 0.25) is 0 Å². The first-order chi connectivity index (χ1) is 16.1. The Hall–Kier alpha value is -3.00. The maximum Gasteiger partial charge on any atom is 0.203 e. The minimum Gasteiger partial charge on any atom is -0.392 e. The highest BCUT2D eigenvalue weighted by Crippen LogP contribution is 2.23. The second-order valence-electron chi connectivity index (χ2n) is 8.08. The standard InChI is InChI=1S/C16H24N4O2.C10H11N/c1-19-15-11-13(12-21)3-4-14(15)18-16(19)17-5-2-6-20-7-9-22-10-8-20;1-4-9-7-5-6-8(2)10(9)11-3/h3-4,11,21H,2,5-10,12H2,1H3,(H,17,18);4-7H,1,3H2,2H3. The van der Waals surface area contributed by atoms with E-state index in [2.05, 4.69) is 33.5 Å². The molecule has 2 N–H and O–H groups in total. The predicted octanol–water partition coefficient (Wildman–Crippen LogP) is 4.17. The number of aliphatic hydroxyl groups excluding tert-OH is 1. The SMILES string of the molecule is C=Cc1cccc(C)c1N=C.Cn1c(NCCCN2CCOCC2)nc2ccc(CO)cc21. The first kappa shape index (κ1) is 24.6. The van der Waals surface area contributed by atoms with E-state index in [-0.39, 0.29) is 6.61 Å². The summed E-state index contributed by atoms with van der Waals surface area (Å²) in [7, 11) is 2.00. The molecule has 7 heteroatoms. The number of nitrogens with zero attached hydrogens (tertiary/aromatic N) is 4. The highest BCUT2D eigenvalue weighted by molar-refractivity contribution is 5.79. The average molecular weight is 450 g/mol. The van der Waals surface area contributed by atoms with Gasteiger partial charge in [-0.2, -0.15) is 0 Å². The molecule has 1 fully saturated rings. The Morgan fingerprint density at radius 3 is 2.70 bits per heavy atom. The van der Waals surface area contributed by atoms with E-state index < -0.39 is 0 Å². The first-order valence-electron chi connectivity index (χ1n) is 11.4. The molecule has 0 atom stereocenters.